The number of anilines is 1. The van der Waals surface area contributed by atoms with Crippen LogP contribution >= 0.6 is 27.5 Å². The second-order valence-corrected chi connectivity index (χ2v) is 13.6. The lowest BCUT2D eigenvalue weighted by Crippen LogP contribution is -2.52. The number of aryl methyl sites for hydroxylation is 1. The van der Waals surface area contributed by atoms with E-state index in [1.54, 1.807) is 31.2 Å². The summed E-state index contributed by atoms with van der Waals surface area (Å²) >= 11 is 9.81. The highest BCUT2D eigenvalue weighted by Crippen LogP contribution is 2.32. The second kappa shape index (κ2) is 13.9. The number of nitrogens with zero attached hydrogens (tertiary/aromatic N) is 2. The SMILES string of the molecule is COc1ccc(N(CC(=O)N(Cc2ccc(Br)cc2)[C@H](C)C(=O)NC2CCCC2)S(=O)(=O)c2ccc(C)cc2)cc1Cl. The molecule has 0 radical (unpaired) electrons. The molecule has 42 heavy (non-hydrogen) atoms. The molecule has 1 saturated carbocycles. The molecule has 1 N–H and O–H groups in total. The van der Waals surface area contributed by atoms with Crippen molar-refractivity contribution in [3.63, 3.8) is 0 Å². The number of rotatable bonds is 11. The van der Waals surface area contributed by atoms with Crippen LogP contribution in [0, 0.1) is 6.92 Å². The highest BCUT2D eigenvalue weighted by Gasteiger charge is 2.33. The zero-order chi connectivity index (χ0) is 30.4. The van der Waals surface area contributed by atoms with Crippen molar-refractivity contribution >= 4 is 55.1 Å². The van der Waals surface area contributed by atoms with E-state index >= 15 is 0 Å². The van der Waals surface area contributed by atoms with E-state index < -0.39 is 28.5 Å². The summed E-state index contributed by atoms with van der Waals surface area (Å²) < 4.78 is 35.1. The van der Waals surface area contributed by atoms with Crippen LogP contribution in [0.4, 0.5) is 5.69 Å². The molecule has 3 aromatic carbocycles. The average molecular weight is 677 g/mol. The molecule has 8 nitrogen and oxygen atoms in total. The van der Waals surface area contributed by atoms with E-state index in [2.05, 4.69) is 21.2 Å². The monoisotopic (exact) mass is 675 g/mol. The van der Waals surface area contributed by atoms with E-state index in [4.69, 9.17) is 16.3 Å². The normalized spacial score (nSPS) is 14.3. The summed E-state index contributed by atoms with van der Waals surface area (Å²) in [4.78, 5) is 28.9. The molecule has 0 unspecified atom stereocenters. The maximum Gasteiger partial charge on any atom is 0.264 e. The number of methoxy groups -OCH3 is 1. The number of halogens is 2. The lowest BCUT2D eigenvalue weighted by atomic mass is 10.1. The van der Waals surface area contributed by atoms with Crippen LogP contribution in [0.5, 0.6) is 5.75 Å². The van der Waals surface area contributed by atoms with E-state index in [1.165, 1.54) is 30.2 Å². The Morgan fingerprint density at radius 3 is 2.29 bits per heavy atom. The Bertz CT molecular complexity index is 1510. The smallest absolute Gasteiger partial charge is 0.264 e. The summed E-state index contributed by atoms with van der Waals surface area (Å²) in [7, 11) is -2.74. The van der Waals surface area contributed by atoms with Crippen molar-refractivity contribution in [3.05, 3.63) is 87.4 Å². The van der Waals surface area contributed by atoms with Gasteiger partial charge in [-0.1, -0.05) is 70.2 Å². The molecule has 2 amide bonds. The number of carbonyl (C=O) groups is 2. The molecule has 0 spiro atoms. The Kier molecular flexibility index (Phi) is 10.6. The number of ether oxygens (including phenoxy) is 1. The molecular formula is C31H35BrClN3O5S. The van der Waals surface area contributed by atoms with E-state index in [0.29, 0.717) is 5.75 Å². The second-order valence-electron chi connectivity index (χ2n) is 10.5. The average Bonchev–Trinajstić information content (AvgIpc) is 3.48. The maximum atomic E-state index is 14.1. The van der Waals surface area contributed by atoms with Crippen molar-refractivity contribution < 1.29 is 22.7 Å². The van der Waals surface area contributed by atoms with Gasteiger partial charge in [-0.05, 0) is 74.7 Å². The minimum atomic E-state index is -4.20. The fraction of sp³-hybridized carbons (Fsp3) is 0.355. The molecule has 4 rings (SSSR count). The number of sulfonamides is 1. The molecule has 0 saturated heterocycles. The van der Waals surface area contributed by atoms with Crippen LogP contribution in [0.3, 0.4) is 0 Å². The lowest BCUT2D eigenvalue weighted by Gasteiger charge is -2.32. The topological polar surface area (TPSA) is 96.0 Å². The summed E-state index contributed by atoms with van der Waals surface area (Å²) in [6, 6.07) is 17.6. The number of carbonyl (C=O) groups excluding carboxylic acids is 2. The van der Waals surface area contributed by atoms with Gasteiger partial charge in [0.15, 0.2) is 0 Å². The highest BCUT2D eigenvalue weighted by molar-refractivity contribution is 9.10. The molecule has 224 valence electrons. The van der Waals surface area contributed by atoms with Gasteiger partial charge in [-0.25, -0.2) is 8.42 Å². The predicted molar refractivity (Wildman–Crippen MR) is 168 cm³/mol. The molecule has 1 aliphatic carbocycles. The van der Waals surface area contributed by atoms with Gasteiger partial charge >= 0.3 is 0 Å². The molecule has 1 fully saturated rings. The number of amides is 2. The van der Waals surface area contributed by atoms with E-state index in [-0.39, 0.29) is 34.1 Å². The minimum absolute atomic E-state index is 0.0272. The fourth-order valence-corrected chi connectivity index (χ4v) is 6.86. The van der Waals surface area contributed by atoms with Crippen LogP contribution in [-0.4, -0.2) is 50.9 Å². The van der Waals surface area contributed by atoms with Gasteiger partial charge in [-0.2, -0.15) is 0 Å². The number of nitrogens with one attached hydrogen (secondary N) is 1. The van der Waals surface area contributed by atoms with Gasteiger partial charge in [-0.15, -0.1) is 0 Å². The van der Waals surface area contributed by atoms with Crippen molar-refractivity contribution in [2.24, 2.45) is 0 Å². The molecule has 11 heteroatoms. The Morgan fingerprint density at radius 1 is 1.05 bits per heavy atom. The summed E-state index contributed by atoms with van der Waals surface area (Å²) in [5.41, 5.74) is 1.89. The van der Waals surface area contributed by atoms with Crippen LogP contribution in [0.1, 0.15) is 43.7 Å². The van der Waals surface area contributed by atoms with E-state index in [1.807, 2.05) is 31.2 Å². The largest absolute Gasteiger partial charge is 0.495 e. The third kappa shape index (κ3) is 7.65. The highest BCUT2D eigenvalue weighted by atomic mass is 79.9. The summed E-state index contributed by atoms with van der Waals surface area (Å²) in [6.45, 7) is 3.10. The van der Waals surface area contributed by atoms with Gasteiger partial charge in [0, 0.05) is 17.1 Å². The van der Waals surface area contributed by atoms with Crippen LogP contribution in [-0.2, 0) is 26.2 Å². The van der Waals surface area contributed by atoms with Crippen molar-refractivity contribution in [1.29, 1.82) is 0 Å². The van der Waals surface area contributed by atoms with Gasteiger partial charge in [0.2, 0.25) is 11.8 Å². The third-order valence-corrected chi connectivity index (χ3v) is 10.1. The Balaban J connectivity index is 1.71. The molecule has 0 aliphatic heterocycles. The minimum Gasteiger partial charge on any atom is -0.495 e. The number of hydrogen-bond donors (Lipinski definition) is 1. The molecule has 1 aliphatic rings. The summed E-state index contributed by atoms with van der Waals surface area (Å²) in [5.74, 6) is -0.434. The van der Waals surface area contributed by atoms with Crippen molar-refractivity contribution in [2.75, 3.05) is 18.0 Å². The van der Waals surface area contributed by atoms with E-state index in [9.17, 15) is 18.0 Å². The van der Waals surface area contributed by atoms with Gasteiger partial charge in [0.05, 0.1) is 22.7 Å². The Morgan fingerprint density at radius 2 is 1.69 bits per heavy atom. The molecular weight excluding hydrogens is 642 g/mol. The van der Waals surface area contributed by atoms with Crippen LogP contribution in [0.2, 0.25) is 5.02 Å². The fourth-order valence-electron chi connectivity index (χ4n) is 4.94. The van der Waals surface area contributed by atoms with E-state index in [0.717, 1.165) is 45.6 Å². The zero-order valence-electron chi connectivity index (χ0n) is 23.8. The Hall–Kier alpha value is -3.08. The molecule has 0 aromatic heterocycles. The Labute approximate surface area is 261 Å². The summed E-state index contributed by atoms with van der Waals surface area (Å²) in [6.07, 6.45) is 3.91. The van der Waals surface area contributed by atoms with Gasteiger partial charge in [0.1, 0.15) is 18.3 Å². The van der Waals surface area contributed by atoms with Gasteiger partial charge in [-0.3, -0.25) is 13.9 Å². The standard InChI is InChI=1S/C31H35BrClN3O5S/c1-21-8-15-27(16-9-21)42(39,40)36(26-14-17-29(41-3)28(33)18-26)20-30(37)35(19-23-10-12-24(32)13-11-23)22(2)31(38)34-25-6-4-5-7-25/h8-18,22,25H,4-7,19-20H2,1-3H3,(H,34,38)/t22-/m1/s1. The first-order valence-corrected chi connectivity index (χ1v) is 16.4. The quantitative estimate of drug-likeness (QED) is 0.265. The molecule has 0 bridgehead atoms. The molecule has 3 aromatic rings. The third-order valence-electron chi connectivity index (χ3n) is 7.45. The van der Waals surface area contributed by atoms with Crippen LogP contribution in [0.15, 0.2) is 76.1 Å². The van der Waals surface area contributed by atoms with Gasteiger partial charge in [0.25, 0.3) is 10.0 Å². The molecule has 1 atom stereocenters. The van der Waals surface area contributed by atoms with Crippen molar-refractivity contribution in [3.8, 4) is 5.75 Å². The van der Waals surface area contributed by atoms with Gasteiger partial charge < -0.3 is 15.0 Å². The summed E-state index contributed by atoms with van der Waals surface area (Å²) in [5, 5.41) is 3.27. The zero-order valence-corrected chi connectivity index (χ0v) is 27.0. The number of benzene rings is 3. The molecule has 0 heterocycles. The van der Waals surface area contributed by atoms with Crippen molar-refractivity contribution in [1.82, 2.24) is 10.2 Å². The maximum absolute atomic E-state index is 14.1. The first kappa shape index (κ1) is 31.8. The number of hydrogen-bond acceptors (Lipinski definition) is 5. The first-order chi connectivity index (χ1) is 20.0. The van der Waals surface area contributed by atoms with Crippen LogP contribution in [0.25, 0.3) is 0 Å². The predicted octanol–water partition coefficient (Wildman–Crippen LogP) is 6.09. The lowest BCUT2D eigenvalue weighted by molar-refractivity contribution is -0.139. The first-order valence-electron chi connectivity index (χ1n) is 13.8. The van der Waals surface area contributed by atoms with Crippen molar-refractivity contribution in [2.45, 2.75) is 63.1 Å². The van der Waals surface area contributed by atoms with Crippen LogP contribution < -0.4 is 14.4 Å².